The van der Waals surface area contributed by atoms with E-state index in [0.717, 1.165) is 89.1 Å². The van der Waals surface area contributed by atoms with E-state index in [4.69, 9.17) is 9.84 Å². The zero-order valence-corrected chi connectivity index (χ0v) is 35.9. The topological polar surface area (TPSA) is 131 Å². The molecule has 2 aromatic heterocycles. The van der Waals surface area contributed by atoms with Crippen LogP contribution in [0.2, 0.25) is 0 Å². The van der Waals surface area contributed by atoms with Crippen LogP contribution in [-0.4, -0.2) is 52.0 Å². The molecule has 312 valence electrons. The zero-order chi connectivity index (χ0) is 41.6. The minimum absolute atomic E-state index is 0.0636. The molecular weight excluding hydrogens is 725 g/mol. The Morgan fingerprint density at radius 2 is 1.14 bits per heavy atom. The number of aromatic nitrogens is 2. The van der Waals surface area contributed by atoms with Crippen molar-refractivity contribution in [2.75, 3.05) is 17.7 Å². The quantitative estimate of drug-likeness (QED) is 0.112. The van der Waals surface area contributed by atoms with Crippen molar-refractivity contribution in [1.82, 2.24) is 9.97 Å². The lowest BCUT2D eigenvalue weighted by molar-refractivity contribution is -0.147. The number of hydrogen-bond acceptors (Lipinski definition) is 8. The number of nitrogens with zero attached hydrogens (tertiary/aromatic N) is 2. The lowest BCUT2D eigenvalue weighted by atomic mass is 9.71. The molecule has 58 heavy (non-hydrogen) atoms. The van der Waals surface area contributed by atoms with Crippen molar-refractivity contribution in [3.05, 3.63) is 72.1 Å². The molecule has 0 bridgehead atoms. The monoisotopic (exact) mass is 791 g/mol. The summed E-state index contributed by atoms with van der Waals surface area (Å²) < 4.78 is 4.93. The number of ketones is 1. The number of benzene rings is 2. The lowest BCUT2D eigenvalue weighted by Crippen LogP contribution is -2.31. The molecule has 3 N–H and O–H groups in total. The van der Waals surface area contributed by atoms with E-state index in [1.54, 1.807) is 12.1 Å². The van der Waals surface area contributed by atoms with Crippen molar-refractivity contribution >= 4 is 50.9 Å². The Bertz CT molecular complexity index is 2050. The van der Waals surface area contributed by atoms with Crippen LogP contribution in [-0.2, 0) is 9.53 Å². The molecule has 2 heterocycles. The smallest absolute Gasteiger partial charge is 0.335 e. The van der Waals surface area contributed by atoms with Crippen LogP contribution in [0.1, 0.15) is 146 Å². The van der Waals surface area contributed by atoms with Gasteiger partial charge in [0.25, 0.3) is 0 Å². The molecule has 3 aliphatic carbocycles. The number of rotatable bonds is 9. The van der Waals surface area contributed by atoms with Crippen LogP contribution < -0.4 is 10.6 Å². The Hall–Kier alpha value is -4.53. The van der Waals surface area contributed by atoms with Gasteiger partial charge in [0.05, 0.1) is 18.6 Å². The Balaban J connectivity index is 0.000000208. The van der Waals surface area contributed by atoms with Gasteiger partial charge in [-0.3, -0.25) is 9.59 Å². The summed E-state index contributed by atoms with van der Waals surface area (Å²) in [5.74, 6) is 2.61. The third-order valence-electron chi connectivity index (χ3n) is 13.4. The van der Waals surface area contributed by atoms with E-state index in [1.165, 1.54) is 45.6 Å². The molecule has 2 aromatic carbocycles. The van der Waals surface area contributed by atoms with Crippen LogP contribution in [0.3, 0.4) is 0 Å². The molecule has 2 unspecified atom stereocenters. The van der Waals surface area contributed by atoms with Crippen molar-refractivity contribution in [3.8, 4) is 0 Å². The highest BCUT2D eigenvalue weighted by Gasteiger charge is 2.32. The van der Waals surface area contributed by atoms with E-state index >= 15 is 0 Å². The van der Waals surface area contributed by atoms with Gasteiger partial charge in [0.1, 0.15) is 11.6 Å². The molecule has 4 aromatic rings. The van der Waals surface area contributed by atoms with Crippen LogP contribution >= 0.6 is 0 Å². The summed E-state index contributed by atoms with van der Waals surface area (Å²) >= 11 is 0. The second-order valence-electron chi connectivity index (χ2n) is 19.6. The van der Waals surface area contributed by atoms with Gasteiger partial charge in [-0.1, -0.05) is 66.2 Å². The number of Topliss-reactive ketones (excluding diaryl/α,β-unsaturated/α-hetero) is 1. The number of carboxylic acid groups (broad SMARTS) is 1. The molecule has 0 amide bonds. The number of hydrogen-bond donors (Lipinski definition) is 3. The number of methoxy groups -OCH3 is 1. The molecule has 3 aliphatic rings. The average Bonchev–Trinajstić information content (AvgIpc) is 3.20. The molecule has 3 fully saturated rings. The number of aromatic carboxylic acids is 1. The maximum Gasteiger partial charge on any atom is 0.335 e. The van der Waals surface area contributed by atoms with E-state index in [0.29, 0.717) is 34.9 Å². The van der Waals surface area contributed by atoms with Gasteiger partial charge in [-0.25, -0.2) is 14.8 Å². The third kappa shape index (κ3) is 11.4. The van der Waals surface area contributed by atoms with Gasteiger partial charge in [0.2, 0.25) is 0 Å². The van der Waals surface area contributed by atoms with Gasteiger partial charge in [-0.15, -0.1) is 0 Å². The van der Waals surface area contributed by atoms with E-state index in [9.17, 15) is 14.4 Å². The second-order valence-corrected chi connectivity index (χ2v) is 19.6. The van der Waals surface area contributed by atoms with Gasteiger partial charge < -0.3 is 20.5 Å². The highest BCUT2D eigenvalue weighted by molar-refractivity contribution is 6.00. The van der Waals surface area contributed by atoms with E-state index in [2.05, 4.69) is 68.2 Å². The molecule has 9 nitrogen and oxygen atoms in total. The average molecular weight is 791 g/mol. The second kappa shape index (κ2) is 18.6. The van der Waals surface area contributed by atoms with Crippen molar-refractivity contribution in [2.45, 2.75) is 137 Å². The summed E-state index contributed by atoms with van der Waals surface area (Å²) in [5, 5.41) is 20.3. The minimum atomic E-state index is -0.899. The highest BCUT2D eigenvalue weighted by atomic mass is 16.5. The Morgan fingerprint density at radius 3 is 1.60 bits per heavy atom. The number of esters is 1. The predicted octanol–water partition coefficient (Wildman–Crippen LogP) is 11.8. The summed E-state index contributed by atoms with van der Waals surface area (Å²) in [6.07, 6.45) is 17.5. The predicted molar refractivity (Wildman–Crippen MR) is 235 cm³/mol. The van der Waals surface area contributed by atoms with Crippen LogP contribution in [0.5, 0.6) is 0 Å². The molecule has 9 heteroatoms. The van der Waals surface area contributed by atoms with E-state index < -0.39 is 5.97 Å². The largest absolute Gasteiger partial charge is 0.478 e. The Kier molecular flexibility index (Phi) is 13.8. The molecule has 3 saturated carbocycles. The van der Waals surface area contributed by atoms with Crippen LogP contribution in [0.4, 0.5) is 11.6 Å². The number of carbonyl (C=O) groups is 3. The maximum absolute atomic E-state index is 13.1. The fourth-order valence-corrected chi connectivity index (χ4v) is 9.61. The molecule has 0 aliphatic heterocycles. The van der Waals surface area contributed by atoms with Crippen LogP contribution in [0.15, 0.2) is 60.9 Å². The first-order valence-corrected chi connectivity index (χ1v) is 21.7. The van der Waals surface area contributed by atoms with E-state index in [1.807, 2.05) is 42.7 Å². The van der Waals surface area contributed by atoms with Crippen molar-refractivity contribution in [2.24, 2.45) is 34.5 Å². The molecule has 0 spiro atoms. The maximum atomic E-state index is 13.1. The molecule has 0 radical (unpaired) electrons. The van der Waals surface area contributed by atoms with Gasteiger partial charge in [0.15, 0.2) is 5.78 Å². The summed E-state index contributed by atoms with van der Waals surface area (Å²) in [5.41, 5.74) is 1.83. The normalized spacial score (nSPS) is 24.0. The number of anilines is 2. The number of pyridine rings is 2. The number of carboxylic acids is 1. The van der Waals surface area contributed by atoms with Crippen LogP contribution in [0, 0.1) is 34.5 Å². The number of nitrogens with one attached hydrogen (secondary N) is 2. The Morgan fingerprint density at radius 1 is 0.655 bits per heavy atom. The zero-order valence-electron chi connectivity index (χ0n) is 35.9. The third-order valence-corrected chi connectivity index (χ3v) is 13.4. The number of carbonyl (C=O) groups excluding carboxylic acids is 2. The summed E-state index contributed by atoms with van der Waals surface area (Å²) in [7, 11) is 1.45. The fourth-order valence-electron chi connectivity index (χ4n) is 9.61. The summed E-state index contributed by atoms with van der Waals surface area (Å²) in [6.45, 7) is 14.0. The van der Waals surface area contributed by atoms with Gasteiger partial charge in [0, 0.05) is 47.2 Å². The fraction of sp³-hybridized carbons (Fsp3) is 0.571. The minimum Gasteiger partial charge on any atom is -0.478 e. The molecular formula is C49H66N4O5. The molecule has 2 atom stereocenters. The SMILES string of the molecule is CC(C)(C)C1CCC(Nc2cc3cc(C(=O)O)ccc3cn2)CC1.COC(=O)C1CCCC(CC(=O)c2ccc3cnc(NC4CCC(C(C)(C)C)CC4)cc3c2)C1. The van der Waals surface area contributed by atoms with Crippen molar-refractivity contribution in [1.29, 1.82) is 0 Å². The summed E-state index contributed by atoms with van der Waals surface area (Å²) in [6, 6.07) is 16.0. The molecule has 7 rings (SSSR count). The van der Waals surface area contributed by atoms with Crippen molar-refractivity contribution < 1.29 is 24.2 Å². The van der Waals surface area contributed by atoms with Gasteiger partial charge in [-0.05, 0) is 140 Å². The summed E-state index contributed by atoms with van der Waals surface area (Å²) in [4.78, 5) is 45.2. The molecule has 0 saturated heterocycles. The van der Waals surface area contributed by atoms with Crippen molar-refractivity contribution in [3.63, 3.8) is 0 Å². The first-order valence-electron chi connectivity index (χ1n) is 21.7. The highest BCUT2D eigenvalue weighted by Crippen LogP contribution is 2.40. The number of fused-ring (bicyclic) bond motifs is 2. The van der Waals surface area contributed by atoms with E-state index in [-0.39, 0.29) is 23.6 Å². The first-order chi connectivity index (χ1) is 27.5. The van der Waals surface area contributed by atoms with Crippen LogP contribution in [0.25, 0.3) is 21.5 Å². The first kappa shape index (κ1) is 43.1. The standard InChI is InChI=1S/C29H40N2O3.C20H26N2O2/c1-29(2,3)24-10-12-25(13-11-24)31-27-17-23-16-20(8-9-22(23)18-30-27)26(32)15-19-6-5-7-21(14-19)28(33)34-4;1-20(2,3)16-6-8-17(9-7-16)22-18-11-15-10-13(19(23)24)4-5-14(15)12-21-18/h8-9,16-19,21,24-25H,5-7,10-15H2,1-4H3,(H,30,31);4-5,10-12,16-17H,6-9H2,1-3H3,(H,21,22)(H,23,24). The lowest BCUT2D eigenvalue weighted by Gasteiger charge is -2.37. The number of ether oxygens (including phenoxy) is 1. The van der Waals surface area contributed by atoms with Gasteiger partial charge in [-0.2, -0.15) is 0 Å². The van der Waals surface area contributed by atoms with Gasteiger partial charge >= 0.3 is 11.9 Å². The Labute approximate surface area is 345 Å².